The summed E-state index contributed by atoms with van der Waals surface area (Å²) in [6.07, 6.45) is -4.51. The van der Waals surface area contributed by atoms with Crippen LogP contribution in [0.25, 0.3) is 0 Å². The Labute approximate surface area is 155 Å². The molecule has 10 heteroatoms. The fourth-order valence-electron chi connectivity index (χ4n) is 3.65. The van der Waals surface area contributed by atoms with Gasteiger partial charge in [0.1, 0.15) is 30.2 Å². The minimum Gasteiger partial charge on any atom is -0.501 e. The zero-order valence-electron chi connectivity index (χ0n) is 14.9. The molecule has 4 N–H and O–H groups in total. The highest BCUT2D eigenvalue weighted by molar-refractivity contribution is 5.89. The number of carbonyl (C=O) groups is 1. The largest absolute Gasteiger partial charge is 0.501 e. The fourth-order valence-corrected chi connectivity index (χ4v) is 3.65. The lowest BCUT2D eigenvalue weighted by Crippen LogP contribution is -2.60. The first-order valence-corrected chi connectivity index (χ1v) is 8.56. The second-order valence-electron chi connectivity index (χ2n) is 6.58. The van der Waals surface area contributed by atoms with Gasteiger partial charge in [-0.05, 0) is 12.5 Å². The molecule has 0 aromatic carbocycles. The number of methoxy groups -OCH3 is 2. The van der Waals surface area contributed by atoms with Gasteiger partial charge in [-0.3, -0.25) is 0 Å². The third-order valence-corrected chi connectivity index (χ3v) is 5.13. The first-order chi connectivity index (χ1) is 12.9. The second-order valence-corrected chi connectivity index (χ2v) is 6.58. The lowest BCUT2D eigenvalue weighted by atomic mass is 9.85. The molecular weight excluding hydrogens is 364 g/mol. The number of hydrogen-bond donors (Lipinski definition) is 4. The van der Waals surface area contributed by atoms with Crippen molar-refractivity contribution in [1.29, 1.82) is 0 Å². The van der Waals surface area contributed by atoms with Gasteiger partial charge in [-0.2, -0.15) is 0 Å². The number of fused-ring (bicyclic) bond motifs is 1. The standard InChI is InChI=1S/C17H24O10/c1-23-9-4-3-7-8(15(22)24-2)6-25-16(11(7)9)27-17-14(21)13(20)12(19)10(5-18)26-17/h4,6-7,10-14,16-21H,3,5H2,1-2H3/t7-,10-,11+,12-,13+,14-,16+,17-/m1/s1. The van der Waals surface area contributed by atoms with E-state index in [4.69, 9.17) is 23.7 Å². The van der Waals surface area contributed by atoms with E-state index in [1.54, 1.807) is 0 Å². The topological polar surface area (TPSA) is 144 Å². The van der Waals surface area contributed by atoms with E-state index in [-0.39, 0.29) is 5.92 Å². The molecule has 10 nitrogen and oxygen atoms in total. The van der Waals surface area contributed by atoms with Crippen LogP contribution in [-0.2, 0) is 28.5 Å². The molecule has 3 aliphatic rings. The van der Waals surface area contributed by atoms with Crippen LogP contribution in [0.5, 0.6) is 0 Å². The van der Waals surface area contributed by atoms with Crippen molar-refractivity contribution in [3.63, 3.8) is 0 Å². The molecule has 1 fully saturated rings. The normalized spacial score (nSPS) is 41.1. The second kappa shape index (κ2) is 8.13. The van der Waals surface area contributed by atoms with E-state index in [0.717, 1.165) is 0 Å². The highest BCUT2D eigenvalue weighted by Crippen LogP contribution is 2.44. The van der Waals surface area contributed by atoms with Crippen molar-refractivity contribution in [3.8, 4) is 0 Å². The zero-order valence-corrected chi connectivity index (χ0v) is 14.9. The molecule has 0 spiro atoms. The van der Waals surface area contributed by atoms with Crippen LogP contribution in [0.1, 0.15) is 6.42 Å². The Morgan fingerprint density at radius 1 is 1.19 bits per heavy atom. The quantitative estimate of drug-likeness (QED) is 0.406. The molecule has 8 atom stereocenters. The van der Waals surface area contributed by atoms with E-state index in [1.807, 2.05) is 6.08 Å². The van der Waals surface area contributed by atoms with E-state index < -0.39 is 55.5 Å². The number of hydrogen-bond acceptors (Lipinski definition) is 10. The predicted molar refractivity (Wildman–Crippen MR) is 86.5 cm³/mol. The Balaban J connectivity index is 1.80. The number of ether oxygens (including phenoxy) is 5. The molecule has 152 valence electrons. The van der Waals surface area contributed by atoms with Gasteiger partial charge in [-0.15, -0.1) is 0 Å². The summed E-state index contributed by atoms with van der Waals surface area (Å²) in [6.45, 7) is -0.571. The minimum atomic E-state index is -1.57. The van der Waals surface area contributed by atoms with E-state index in [9.17, 15) is 25.2 Å². The van der Waals surface area contributed by atoms with E-state index in [0.29, 0.717) is 17.8 Å². The predicted octanol–water partition coefficient (Wildman–Crippen LogP) is -1.62. The van der Waals surface area contributed by atoms with E-state index in [1.165, 1.54) is 20.5 Å². The monoisotopic (exact) mass is 388 g/mol. The lowest BCUT2D eigenvalue weighted by Gasteiger charge is -2.42. The van der Waals surface area contributed by atoms with Gasteiger partial charge in [-0.1, -0.05) is 0 Å². The highest BCUT2D eigenvalue weighted by atomic mass is 16.8. The minimum absolute atomic E-state index is 0.309. The summed E-state index contributed by atoms with van der Waals surface area (Å²) >= 11 is 0. The number of aliphatic hydroxyl groups is 4. The molecular formula is C17H24O10. The number of carbonyl (C=O) groups excluding carboxylic acids is 1. The maximum atomic E-state index is 12.0. The molecule has 1 saturated heterocycles. The Hall–Kier alpha value is -1.69. The Morgan fingerprint density at radius 3 is 2.56 bits per heavy atom. The number of rotatable bonds is 5. The summed E-state index contributed by atoms with van der Waals surface area (Å²) in [5.74, 6) is -0.788. The van der Waals surface area contributed by atoms with Crippen LogP contribution < -0.4 is 0 Å². The van der Waals surface area contributed by atoms with Crippen molar-refractivity contribution in [1.82, 2.24) is 0 Å². The third kappa shape index (κ3) is 3.56. The summed E-state index contributed by atoms with van der Waals surface area (Å²) in [7, 11) is 2.75. The van der Waals surface area contributed by atoms with Gasteiger partial charge in [0.25, 0.3) is 0 Å². The van der Waals surface area contributed by atoms with Crippen LogP contribution in [0.2, 0.25) is 0 Å². The smallest absolute Gasteiger partial charge is 0.337 e. The summed E-state index contributed by atoms with van der Waals surface area (Å²) in [5, 5.41) is 39.2. The van der Waals surface area contributed by atoms with Crippen molar-refractivity contribution in [2.75, 3.05) is 20.8 Å². The SMILES string of the molecule is COC(=O)C1=CO[C@@H](O[C@H]2O[C@H](CO)[C@@H](O)[C@H](O)[C@H]2O)[C@@H]2C(OC)=CC[C@H]12. The summed E-state index contributed by atoms with van der Waals surface area (Å²) in [4.78, 5) is 12.0. The van der Waals surface area contributed by atoms with E-state index >= 15 is 0 Å². The summed E-state index contributed by atoms with van der Waals surface area (Å²) < 4.78 is 26.7. The van der Waals surface area contributed by atoms with Gasteiger partial charge in [0, 0.05) is 5.92 Å². The molecule has 1 aliphatic carbocycles. The van der Waals surface area contributed by atoms with Crippen LogP contribution >= 0.6 is 0 Å². The van der Waals surface area contributed by atoms with Crippen LogP contribution in [0.15, 0.2) is 23.7 Å². The van der Waals surface area contributed by atoms with Crippen LogP contribution in [0.4, 0.5) is 0 Å². The van der Waals surface area contributed by atoms with Crippen molar-refractivity contribution >= 4 is 5.97 Å². The van der Waals surface area contributed by atoms with Gasteiger partial charge < -0.3 is 44.1 Å². The Kier molecular flexibility index (Phi) is 6.04. The van der Waals surface area contributed by atoms with Crippen molar-refractivity contribution < 1.29 is 48.9 Å². The molecule has 0 aromatic heterocycles. The van der Waals surface area contributed by atoms with Crippen LogP contribution in [0.3, 0.4) is 0 Å². The average molecular weight is 388 g/mol. The molecule has 2 heterocycles. The van der Waals surface area contributed by atoms with Crippen LogP contribution in [-0.4, -0.2) is 84.2 Å². The molecule has 27 heavy (non-hydrogen) atoms. The summed E-state index contributed by atoms with van der Waals surface area (Å²) in [6, 6.07) is 0. The van der Waals surface area contributed by atoms with Gasteiger partial charge in [-0.25, -0.2) is 4.79 Å². The Morgan fingerprint density at radius 2 is 1.93 bits per heavy atom. The van der Waals surface area contributed by atoms with Crippen molar-refractivity contribution in [2.45, 2.75) is 43.4 Å². The Bertz CT molecular complexity index is 615. The molecule has 0 saturated carbocycles. The molecule has 0 bridgehead atoms. The number of aliphatic hydroxyl groups excluding tert-OH is 4. The van der Waals surface area contributed by atoms with Gasteiger partial charge in [0.2, 0.25) is 6.29 Å². The number of esters is 1. The number of allylic oxidation sites excluding steroid dienone is 1. The molecule has 0 unspecified atom stereocenters. The van der Waals surface area contributed by atoms with Crippen molar-refractivity contribution in [2.24, 2.45) is 11.8 Å². The van der Waals surface area contributed by atoms with Crippen LogP contribution in [0, 0.1) is 11.8 Å². The molecule has 0 aromatic rings. The molecule has 2 aliphatic heterocycles. The summed E-state index contributed by atoms with van der Waals surface area (Å²) in [5.41, 5.74) is 0.333. The zero-order chi connectivity index (χ0) is 19.7. The van der Waals surface area contributed by atoms with E-state index in [2.05, 4.69) is 0 Å². The molecule has 0 radical (unpaired) electrons. The van der Waals surface area contributed by atoms with Crippen molar-refractivity contribution in [3.05, 3.63) is 23.7 Å². The lowest BCUT2D eigenvalue weighted by molar-refractivity contribution is -0.340. The maximum absolute atomic E-state index is 12.0. The van der Waals surface area contributed by atoms with Gasteiger partial charge in [0.15, 0.2) is 6.29 Å². The third-order valence-electron chi connectivity index (χ3n) is 5.13. The fraction of sp³-hybridized carbons (Fsp3) is 0.706. The maximum Gasteiger partial charge on any atom is 0.337 e. The highest BCUT2D eigenvalue weighted by Gasteiger charge is 2.50. The van der Waals surface area contributed by atoms with Gasteiger partial charge in [0.05, 0.1) is 38.6 Å². The first-order valence-electron chi connectivity index (χ1n) is 8.56. The molecule has 3 rings (SSSR count). The average Bonchev–Trinajstić information content (AvgIpc) is 3.12. The molecule has 0 amide bonds. The first kappa shape index (κ1) is 20.1. The van der Waals surface area contributed by atoms with Gasteiger partial charge >= 0.3 is 5.97 Å².